The van der Waals surface area contributed by atoms with E-state index in [9.17, 15) is 18.0 Å². The Hall–Kier alpha value is -1.86. The van der Waals surface area contributed by atoms with Gasteiger partial charge in [0.15, 0.2) is 5.69 Å². The van der Waals surface area contributed by atoms with E-state index in [0.29, 0.717) is 0 Å². The normalized spacial score (nSPS) is 12.9. The molecule has 1 unspecified atom stereocenters. The lowest BCUT2D eigenvalue weighted by atomic mass is 10.2. The van der Waals surface area contributed by atoms with Crippen LogP contribution in [0.25, 0.3) is 0 Å². The third kappa shape index (κ3) is 4.72. The molecule has 106 valence electrons. The van der Waals surface area contributed by atoms with Crippen molar-refractivity contribution in [2.45, 2.75) is 20.0 Å². The quantitative estimate of drug-likeness (QED) is 0.835. The molecular weight excluding hydrogens is 263 g/mol. The molecule has 1 heterocycles. The van der Waals surface area contributed by atoms with E-state index in [0.717, 1.165) is 12.1 Å². The minimum Gasteiger partial charge on any atom is -0.466 e. The van der Waals surface area contributed by atoms with Gasteiger partial charge in [-0.25, -0.2) is 0 Å². The molecule has 0 aliphatic heterocycles. The summed E-state index contributed by atoms with van der Waals surface area (Å²) in [6, 6.07) is 1.98. The van der Waals surface area contributed by atoms with Crippen molar-refractivity contribution in [3.05, 3.63) is 17.8 Å². The number of ether oxygens (including phenoxy) is 1. The molecule has 0 fully saturated rings. The van der Waals surface area contributed by atoms with E-state index in [2.05, 4.69) is 15.5 Å². The number of esters is 1. The van der Waals surface area contributed by atoms with E-state index in [1.54, 1.807) is 13.8 Å². The van der Waals surface area contributed by atoms with Gasteiger partial charge in [-0.1, -0.05) is 6.92 Å². The molecular formula is C11H14F3N3O2. The highest BCUT2D eigenvalue weighted by Gasteiger charge is 2.32. The highest BCUT2D eigenvalue weighted by atomic mass is 19.4. The summed E-state index contributed by atoms with van der Waals surface area (Å²) in [6.45, 7) is 3.82. The van der Waals surface area contributed by atoms with Crippen molar-refractivity contribution in [3.63, 3.8) is 0 Å². The van der Waals surface area contributed by atoms with Gasteiger partial charge in [-0.2, -0.15) is 13.2 Å². The van der Waals surface area contributed by atoms with Crippen LogP contribution in [0, 0.1) is 5.92 Å². The first kappa shape index (κ1) is 15.2. The standard InChI is InChI=1S/C11H14F3N3O2/c1-3-19-10(18)7(2)6-15-9-5-4-8(16-17-9)11(12,13)14/h4-5,7H,3,6H2,1-2H3,(H,15,17). The van der Waals surface area contributed by atoms with Crippen LogP contribution in [0.5, 0.6) is 0 Å². The van der Waals surface area contributed by atoms with Crippen LogP contribution in [0.2, 0.25) is 0 Å². The topological polar surface area (TPSA) is 64.1 Å². The lowest BCUT2D eigenvalue weighted by molar-refractivity contribution is -0.146. The number of rotatable bonds is 5. The van der Waals surface area contributed by atoms with Crippen molar-refractivity contribution < 1.29 is 22.7 Å². The SMILES string of the molecule is CCOC(=O)C(C)CNc1ccc(C(F)(F)F)nn1. The second-order valence-electron chi connectivity index (χ2n) is 3.84. The predicted octanol–water partition coefficient (Wildman–Crippen LogP) is 2.11. The van der Waals surface area contributed by atoms with E-state index in [1.807, 2.05) is 0 Å². The van der Waals surface area contributed by atoms with Crippen molar-refractivity contribution in [3.8, 4) is 0 Å². The average Bonchev–Trinajstić information content (AvgIpc) is 2.35. The smallest absolute Gasteiger partial charge is 0.435 e. The molecule has 1 aromatic heterocycles. The molecule has 1 atom stereocenters. The number of carbonyl (C=O) groups is 1. The molecule has 19 heavy (non-hydrogen) atoms. The summed E-state index contributed by atoms with van der Waals surface area (Å²) >= 11 is 0. The maximum atomic E-state index is 12.2. The minimum absolute atomic E-state index is 0.171. The fourth-order valence-corrected chi connectivity index (χ4v) is 1.20. The lowest BCUT2D eigenvalue weighted by Gasteiger charge is -2.12. The monoisotopic (exact) mass is 277 g/mol. The second kappa shape index (κ2) is 6.35. The summed E-state index contributed by atoms with van der Waals surface area (Å²) in [5, 5.41) is 9.17. The number of carbonyl (C=O) groups excluding carboxylic acids is 1. The Labute approximate surface area is 108 Å². The van der Waals surface area contributed by atoms with Gasteiger partial charge in [0.05, 0.1) is 12.5 Å². The van der Waals surface area contributed by atoms with Crippen molar-refractivity contribution in [2.75, 3.05) is 18.5 Å². The number of halogens is 3. The maximum absolute atomic E-state index is 12.2. The lowest BCUT2D eigenvalue weighted by Crippen LogP contribution is -2.23. The molecule has 1 rings (SSSR count). The summed E-state index contributed by atoms with van der Waals surface area (Å²) in [6.07, 6.45) is -4.51. The van der Waals surface area contributed by atoms with Crippen LogP contribution in [0.15, 0.2) is 12.1 Å². The summed E-state index contributed by atoms with van der Waals surface area (Å²) in [4.78, 5) is 11.3. The van der Waals surface area contributed by atoms with Gasteiger partial charge in [0, 0.05) is 6.54 Å². The van der Waals surface area contributed by atoms with Crippen LogP contribution >= 0.6 is 0 Å². The van der Waals surface area contributed by atoms with Gasteiger partial charge < -0.3 is 10.1 Å². The largest absolute Gasteiger partial charge is 0.466 e. The molecule has 0 aliphatic rings. The van der Waals surface area contributed by atoms with Gasteiger partial charge in [0.2, 0.25) is 0 Å². The molecule has 0 bridgehead atoms. The molecule has 1 N–H and O–H groups in total. The van der Waals surface area contributed by atoms with Crippen LogP contribution in [-0.4, -0.2) is 29.3 Å². The molecule has 0 aliphatic carbocycles. The zero-order valence-corrected chi connectivity index (χ0v) is 10.5. The third-order valence-electron chi connectivity index (χ3n) is 2.23. The fraction of sp³-hybridized carbons (Fsp3) is 0.545. The van der Waals surface area contributed by atoms with Crippen LogP contribution < -0.4 is 5.32 Å². The van der Waals surface area contributed by atoms with Crippen LogP contribution in [0.1, 0.15) is 19.5 Å². The molecule has 8 heteroatoms. The van der Waals surface area contributed by atoms with Gasteiger partial charge in [-0.3, -0.25) is 4.79 Å². The Morgan fingerprint density at radius 3 is 2.58 bits per heavy atom. The number of alkyl halides is 3. The summed E-state index contributed by atoms with van der Waals surface area (Å²) < 4.78 is 41.5. The average molecular weight is 277 g/mol. The Kier molecular flexibility index (Phi) is 5.08. The first-order valence-electron chi connectivity index (χ1n) is 5.66. The molecule has 0 radical (unpaired) electrons. The Balaban J connectivity index is 2.53. The number of nitrogens with zero attached hydrogens (tertiary/aromatic N) is 2. The number of hydrogen-bond donors (Lipinski definition) is 1. The Morgan fingerprint density at radius 2 is 2.11 bits per heavy atom. The predicted molar refractivity (Wildman–Crippen MR) is 61.3 cm³/mol. The van der Waals surface area contributed by atoms with Crippen molar-refractivity contribution in [2.24, 2.45) is 5.92 Å². The fourth-order valence-electron chi connectivity index (χ4n) is 1.20. The molecule has 0 amide bonds. The van der Waals surface area contributed by atoms with E-state index >= 15 is 0 Å². The zero-order valence-electron chi connectivity index (χ0n) is 10.5. The van der Waals surface area contributed by atoms with E-state index in [-0.39, 0.29) is 24.9 Å². The van der Waals surface area contributed by atoms with Crippen LogP contribution in [0.4, 0.5) is 19.0 Å². The highest BCUT2D eigenvalue weighted by molar-refractivity contribution is 5.72. The molecule has 1 aromatic rings. The van der Waals surface area contributed by atoms with Gasteiger partial charge >= 0.3 is 12.1 Å². The number of aromatic nitrogens is 2. The van der Waals surface area contributed by atoms with Gasteiger partial charge in [-0.05, 0) is 19.1 Å². The van der Waals surface area contributed by atoms with E-state index in [1.165, 1.54) is 0 Å². The molecule has 0 saturated heterocycles. The summed E-state index contributed by atoms with van der Waals surface area (Å²) in [5.41, 5.74) is -1.06. The van der Waals surface area contributed by atoms with Gasteiger partial charge in [0.1, 0.15) is 5.82 Å². The van der Waals surface area contributed by atoms with Crippen molar-refractivity contribution in [1.29, 1.82) is 0 Å². The Morgan fingerprint density at radius 1 is 1.42 bits per heavy atom. The summed E-state index contributed by atoms with van der Waals surface area (Å²) in [7, 11) is 0. The minimum atomic E-state index is -4.51. The van der Waals surface area contributed by atoms with E-state index in [4.69, 9.17) is 4.74 Å². The van der Waals surface area contributed by atoms with E-state index < -0.39 is 17.8 Å². The third-order valence-corrected chi connectivity index (χ3v) is 2.23. The first-order valence-corrected chi connectivity index (χ1v) is 5.66. The highest BCUT2D eigenvalue weighted by Crippen LogP contribution is 2.27. The maximum Gasteiger partial charge on any atom is 0.435 e. The number of anilines is 1. The molecule has 0 saturated carbocycles. The molecule has 0 aromatic carbocycles. The van der Waals surface area contributed by atoms with Gasteiger partial charge in [-0.15, -0.1) is 10.2 Å². The second-order valence-corrected chi connectivity index (χ2v) is 3.84. The summed E-state index contributed by atoms with van der Waals surface area (Å²) in [5.74, 6) is -0.636. The number of hydrogen-bond acceptors (Lipinski definition) is 5. The Bertz CT molecular complexity index is 420. The zero-order chi connectivity index (χ0) is 14.5. The molecule has 0 spiro atoms. The first-order chi connectivity index (χ1) is 8.84. The van der Waals surface area contributed by atoms with Crippen molar-refractivity contribution >= 4 is 11.8 Å². The number of nitrogens with one attached hydrogen (secondary N) is 1. The molecule has 5 nitrogen and oxygen atoms in total. The van der Waals surface area contributed by atoms with Gasteiger partial charge in [0.25, 0.3) is 0 Å². The van der Waals surface area contributed by atoms with Crippen molar-refractivity contribution in [1.82, 2.24) is 10.2 Å². The van der Waals surface area contributed by atoms with Crippen LogP contribution in [0.3, 0.4) is 0 Å². The van der Waals surface area contributed by atoms with Crippen LogP contribution in [-0.2, 0) is 15.7 Å².